The van der Waals surface area contributed by atoms with Crippen LogP contribution < -0.4 is 5.32 Å². The number of amides is 1. The number of rotatable bonds is 6. The zero-order chi connectivity index (χ0) is 16.9. The minimum absolute atomic E-state index is 0.0454. The number of nitrogens with zero attached hydrogens (tertiary/aromatic N) is 1. The van der Waals surface area contributed by atoms with E-state index < -0.39 is 16.4 Å². The number of carbonyl (C=O) groups excluding carboxylic acids is 1. The molecule has 1 aromatic carbocycles. The predicted molar refractivity (Wildman–Crippen MR) is 89.0 cm³/mol. The third-order valence-electron chi connectivity index (χ3n) is 3.30. The summed E-state index contributed by atoms with van der Waals surface area (Å²) in [7, 11) is 0. The van der Waals surface area contributed by atoms with Gasteiger partial charge in [0.05, 0.1) is 17.0 Å². The number of hydrogen-bond acceptors (Lipinski definition) is 5. The van der Waals surface area contributed by atoms with Crippen LogP contribution >= 0.6 is 11.3 Å². The fraction of sp³-hybridized carbons (Fsp3) is 0.188. The molecule has 0 unspecified atom stereocenters. The van der Waals surface area contributed by atoms with Gasteiger partial charge < -0.3 is 10.4 Å². The Morgan fingerprint density at radius 2 is 2.17 bits per heavy atom. The second kappa shape index (κ2) is 7.17. The van der Waals surface area contributed by atoms with Crippen molar-refractivity contribution in [3.8, 4) is 0 Å². The van der Waals surface area contributed by atoms with Crippen molar-refractivity contribution in [3.63, 3.8) is 0 Å². The molecular formula is C16H16N2O4S. The number of aliphatic hydroxyl groups is 1. The molecule has 0 radical (unpaired) electrons. The van der Waals surface area contributed by atoms with E-state index in [4.69, 9.17) is 0 Å². The lowest BCUT2D eigenvalue weighted by molar-refractivity contribution is -0.385. The van der Waals surface area contributed by atoms with Crippen LogP contribution in [0.2, 0.25) is 0 Å². The van der Waals surface area contributed by atoms with E-state index in [1.807, 2.05) is 10.8 Å². The van der Waals surface area contributed by atoms with Crippen molar-refractivity contribution >= 4 is 29.0 Å². The van der Waals surface area contributed by atoms with Crippen LogP contribution in [0, 0.1) is 10.1 Å². The monoisotopic (exact) mass is 332 g/mol. The number of nitro groups is 1. The number of nitrogens with one attached hydrogen (secondary N) is 1. The maximum atomic E-state index is 11.8. The van der Waals surface area contributed by atoms with Crippen molar-refractivity contribution in [2.45, 2.75) is 12.5 Å². The van der Waals surface area contributed by atoms with Crippen LogP contribution in [0.5, 0.6) is 0 Å². The normalized spacial score (nSPS) is 13.7. The molecule has 120 valence electrons. The third kappa shape index (κ3) is 4.48. The van der Waals surface area contributed by atoms with Gasteiger partial charge >= 0.3 is 0 Å². The van der Waals surface area contributed by atoms with E-state index in [0.717, 1.165) is 5.56 Å². The molecular weight excluding hydrogens is 316 g/mol. The molecule has 1 atom stereocenters. The average molecular weight is 332 g/mol. The first-order valence-corrected chi connectivity index (χ1v) is 7.79. The zero-order valence-corrected chi connectivity index (χ0v) is 13.2. The van der Waals surface area contributed by atoms with Gasteiger partial charge in [-0.1, -0.05) is 12.1 Å². The Labute approximate surface area is 137 Å². The van der Waals surface area contributed by atoms with Crippen LogP contribution in [0.25, 0.3) is 6.08 Å². The largest absolute Gasteiger partial charge is 0.384 e. The molecule has 2 rings (SSSR count). The van der Waals surface area contributed by atoms with E-state index in [1.54, 1.807) is 31.2 Å². The molecule has 0 aliphatic heterocycles. The van der Waals surface area contributed by atoms with Crippen molar-refractivity contribution in [2.75, 3.05) is 6.54 Å². The van der Waals surface area contributed by atoms with Crippen molar-refractivity contribution in [3.05, 3.63) is 68.4 Å². The van der Waals surface area contributed by atoms with E-state index >= 15 is 0 Å². The summed E-state index contributed by atoms with van der Waals surface area (Å²) in [5.74, 6) is -0.432. The SMILES string of the molecule is C[C@@](O)(CNC(=O)/C=C\c1ccccc1[N+](=O)[O-])c1ccsc1. The average Bonchev–Trinajstić information content (AvgIpc) is 3.06. The van der Waals surface area contributed by atoms with Gasteiger partial charge in [0.15, 0.2) is 0 Å². The maximum absolute atomic E-state index is 11.8. The van der Waals surface area contributed by atoms with Crippen LogP contribution in [0.3, 0.4) is 0 Å². The van der Waals surface area contributed by atoms with Gasteiger partial charge in [-0.3, -0.25) is 14.9 Å². The number of nitro benzene ring substituents is 1. The zero-order valence-electron chi connectivity index (χ0n) is 12.4. The number of thiophene rings is 1. The van der Waals surface area contributed by atoms with Crippen LogP contribution in [0.1, 0.15) is 18.1 Å². The van der Waals surface area contributed by atoms with Gasteiger partial charge in [0.2, 0.25) is 5.91 Å². The molecule has 23 heavy (non-hydrogen) atoms. The maximum Gasteiger partial charge on any atom is 0.276 e. The lowest BCUT2D eigenvalue weighted by Crippen LogP contribution is -2.37. The third-order valence-corrected chi connectivity index (χ3v) is 3.98. The number of para-hydroxylation sites is 1. The summed E-state index contributed by atoms with van der Waals surface area (Å²) in [6.45, 7) is 1.66. The Balaban J connectivity index is 1.99. The molecule has 7 heteroatoms. The van der Waals surface area contributed by atoms with Crippen molar-refractivity contribution in [1.29, 1.82) is 0 Å². The van der Waals surface area contributed by atoms with Crippen LogP contribution in [-0.4, -0.2) is 22.5 Å². The highest BCUT2D eigenvalue weighted by Crippen LogP contribution is 2.22. The fourth-order valence-electron chi connectivity index (χ4n) is 1.95. The van der Waals surface area contributed by atoms with Crippen molar-refractivity contribution in [1.82, 2.24) is 5.32 Å². The molecule has 0 saturated carbocycles. The molecule has 2 aromatic rings. The van der Waals surface area contributed by atoms with Gasteiger partial charge in [-0.2, -0.15) is 11.3 Å². The Bertz CT molecular complexity index is 723. The van der Waals surface area contributed by atoms with Crippen molar-refractivity contribution < 1.29 is 14.8 Å². The van der Waals surface area contributed by atoms with E-state index in [1.165, 1.54) is 29.6 Å². The molecule has 0 fully saturated rings. The van der Waals surface area contributed by atoms with Gasteiger partial charge in [-0.05, 0) is 41.5 Å². The second-order valence-electron chi connectivity index (χ2n) is 5.15. The summed E-state index contributed by atoms with van der Waals surface area (Å²) in [4.78, 5) is 22.2. The van der Waals surface area contributed by atoms with Crippen LogP contribution in [0.15, 0.2) is 47.2 Å². The number of benzene rings is 1. The molecule has 2 N–H and O–H groups in total. The van der Waals surface area contributed by atoms with Gasteiger partial charge in [-0.25, -0.2) is 0 Å². The Hall–Kier alpha value is -2.51. The van der Waals surface area contributed by atoms with E-state index in [0.29, 0.717) is 5.56 Å². The highest BCUT2D eigenvalue weighted by molar-refractivity contribution is 7.08. The van der Waals surface area contributed by atoms with Crippen LogP contribution in [-0.2, 0) is 10.4 Å². The number of carbonyl (C=O) groups is 1. The van der Waals surface area contributed by atoms with Gasteiger partial charge in [0.25, 0.3) is 5.69 Å². The van der Waals surface area contributed by atoms with E-state index in [9.17, 15) is 20.0 Å². The first-order chi connectivity index (χ1) is 10.9. The van der Waals surface area contributed by atoms with Crippen molar-refractivity contribution in [2.24, 2.45) is 0 Å². The predicted octanol–water partition coefficient (Wildman–Crippen LogP) is 2.69. The molecule has 0 saturated heterocycles. The molecule has 6 nitrogen and oxygen atoms in total. The lowest BCUT2D eigenvalue weighted by atomic mass is 9.99. The smallest absolute Gasteiger partial charge is 0.276 e. The quantitative estimate of drug-likeness (QED) is 0.483. The number of hydrogen-bond donors (Lipinski definition) is 2. The summed E-state index contributed by atoms with van der Waals surface area (Å²) in [6, 6.07) is 7.95. The highest BCUT2D eigenvalue weighted by Gasteiger charge is 2.23. The highest BCUT2D eigenvalue weighted by atomic mass is 32.1. The van der Waals surface area contributed by atoms with E-state index in [-0.39, 0.29) is 12.2 Å². The topological polar surface area (TPSA) is 92.5 Å². The molecule has 0 aliphatic carbocycles. The molecule has 0 spiro atoms. The minimum Gasteiger partial charge on any atom is -0.384 e. The summed E-state index contributed by atoms with van der Waals surface area (Å²) >= 11 is 1.46. The van der Waals surface area contributed by atoms with Gasteiger partial charge in [0, 0.05) is 12.1 Å². The molecule has 0 bridgehead atoms. The molecule has 1 amide bonds. The van der Waals surface area contributed by atoms with Crippen LogP contribution in [0.4, 0.5) is 5.69 Å². The Morgan fingerprint density at radius 1 is 1.43 bits per heavy atom. The Kier molecular flexibility index (Phi) is 5.25. The van der Waals surface area contributed by atoms with Gasteiger partial charge in [0.1, 0.15) is 5.60 Å². The summed E-state index contributed by atoms with van der Waals surface area (Å²) < 4.78 is 0. The fourth-order valence-corrected chi connectivity index (χ4v) is 2.73. The first kappa shape index (κ1) is 16.9. The first-order valence-electron chi connectivity index (χ1n) is 6.84. The molecule has 0 aliphatic rings. The summed E-state index contributed by atoms with van der Waals surface area (Å²) in [5, 5.41) is 27.4. The molecule has 1 aromatic heterocycles. The summed E-state index contributed by atoms with van der Waals surface area (Å²) in [5.41, 5.74) is -0.160. The lowest BCUT2D eigenvalue weighted by Gasteiger charge is -2.22. The van der Waals surface area contributed by atoms with Gasteiger partial charge in [-0.15, -0.1) is 0 Å². The summed E-state index contributed by atoms with van der Waals surface area (Å²) in [6.07, 6.45) is 2.60. The Morgan fingerprint density at radius 3 is 2.83 bits per heavy atom. The van der Waals surface area contributed by atoms with E-state index in [2.05, 4.69) is 5.32 Å². The second-order valence-corrected chi connectivity index (χ2v) is 5.93. The standard InChI is InChI=1S/C16H16N2O4S/c1-16(20,13-8-9-23-10-13)11-17-15(19)7-6-12-4-2-3-5-14(12)18(21)22/h2-10,20H,11H2,1H3,(H,17,19)/b7-6-/t16-/m1/s1. The molecule has 1 heterocycles. The minimum atomic E-state index is -1.16.